The van der Waals surface area contributed by atoms with Gasteiger partial charge in [-0.05, 0) is 171 Å². The van der Waals surface area contributed by atoms with E-state index in [-0.39, 0.29) is 0 Å². The van der Waals surface area contributed by atoms with Gasteiger partial charge in [0.15, 0.2) is 0 Å². The molecule has 0 N–H and O–H groups in total. The molecule has 2 heterocycles. The van der Waals surface area contributed by atoms with Crippen LogP contribution in [0.3, 0.4) is 0 Å². The molecule has 0 unspecified atom stereocenters. The minimum absolute atomic E-state index is 0.973. The Kier molecular flexibility index (Phi) is 6.97. The van der Waals surface area contributed by atoms with E-state index in [1.807, 2.05) is 24.5 Å². The zero-order valence-electron chi connectivity index (χ0n) is 37.7. The summed E-state index contributed by atoms with van der Waals surface area (Å²) < 4.78 is 0. The molecule has 0 radical (unpaired) electrons. The number of benzene rings is 12. The Hall–Kier alpha value is -9.24. The average molecular weight is 881 g/mol. The molecule has 16 aromatic rings. The SMILES string of the molecule is c1ccc(-c2c3cc4c5ccccc5c5cccc(c3c(-c3ccccc3)c3c6ccc7c8ccc9c%10c(ccc(c%11ccc(c23)c6c%117)c%108)=c2c(-c3ccccn3)ccc(-c3ccccn3)c2=9)c54)cc1. The lowest BCUT2D eigenvalue weighted by Gasteiger charge is -2.19. The zero-order chi connectivity index (χ0) is 45.3. The van der Waals surface area contributed by atoms with E-state index in [1.54, 1.807) is 0 Å². The van der Waals surface area contributed by atoms with Crippen molar-refractivity contribution in [2.75, 3.05) is 0 Å². The standard InChI is InChI=1S/C68H36N2/c1-3-14-37(15-4-1)57-54-36-53-40-19-8-7-18-39(40)41-20-13-21-48(59(41)53)66(54)58(38-16-5-2-6-17-38)68-52-33-27-45-43-25-31-50-63-47(56-23-10-12-35-70-56)29-28-46(55-22-9-11-34-69-55)62(63)49-30-24-42(60(43)64(49)50)44-26-32-51(67(57)68)65(52)61(44)45/h1-36H. The van der Waals surface area contributed by atoms with Gasteiger partial charge in [-0.25, -0.2) is 0 Å². The molecule has 0 aliphatic heterocycles. The number of aromatic nitrogens is 2. The van der Waals surface area contributed by atoms with Crippen LogP contribution in [0, 0.1) is 20.9 Å². The summed E-state index contributed by atoms with van der Waals surface area (Å²) in [6.07, 6.45) is 3.80. The number of nitrogens with zero attached hydrogens (tertiary/aromatic N) is 2. The first kappa shape index (κ1) is 36.8. The van der Waals surface area contributed by atoms with Gasteiger partial charge in [0.1, 0.15) is 0 Å². The van der Waals surface area contributed by atoms with Crippen LogP contribution in [0.25, 0.3) is 152 Å². The molecule has 2 aromatic heterocycles. The first-order chi connectivity index (χ1) is 34.8. The summed E-state index contributed by atoms with van der Waals surface area (Å²) in [6, 6.07) is 77.2. The zero-order valence-corrected chi connectivity index (χ0v) is 37.7. The van der Waals surface area contributed by atoms with Crippen LogP contribution in [0.2, 0.25) is 0 Å². The van der Waals surface area contributed by atoms with Crippen LogP contribution >= 0.6 is 0 Å². The molecular weight excluding hydrogens is 845 g/mol. The highest BCUT2D eigenvalue weighted by Gasteiger charge is 2.28. The van der Waals surface area contributed by atoms with E-state index in [4.69, 9.17) is 9.97 Å². The second kappa shape index (κ2) is 13.3. The highest BCUT2D eigenvalue weighted by molar-refractivity contribution is 6.48. The van der Waals surface area contributed by atoms with Crippen LogP contribution in [-0.4, -0.2) is 9.97 Å². The van der Waals surface area contributed by atoms with Gasteiger partial charge in [0, 0.05) is 34.0 Å². The van der Waals surface area contributed by atoms with Crippen molar-refractivity contribution in [2.45, 2.75) is 0 Å². The van der Waals surface area contributed by atoms with Crippen LogP contribution in [0.1, 0.15) is 0 Å². The third kappa shape index (κ3) is 4.50. The first-order valence-electron chi connectivity index (χ1n) is 24.3. The minimum atomic E-state index is 0.973. The van der Waals surface area contributed by atoms with Crippen molar-refractivity contribution in [3.8, 4) is 44.8 Å². The van der Waals surface area contributed by atoms with Crippen molar-refractivity contribution in [1.82, 2.24) is 9.97 Å². The monoisotopic (exact) mass is 880 g/mol. The highest BCUT2D eigenvalue weighted by Crippen LogP contribution is 2.56. The van der Waals surface area contributed by atoms with E-state index in [2.05, 4.69) is 194 Å². The molecule has 2 heteroatoms. The van der Waals surface area contributed by atoms with Crippen molar-refractivity contribution in [1.29, 1.82) is 0 Å². The fourth-order valence-corrected chi connectivity index (χ4v) is 13.5. The summed E-state index contributed by atoms with van der Waals surface area (Å²) in [7, 11) is 0. The Morgan fingerprint density at radius 1 is 0.229 bits per heavy atom. The number of rotatable bonds is 4. The van der Waals surface area contributed by atoms with Crippen molar-refractivity contribution >= 4 is 108 Å². The van der Waals surface area contributed by atoms with E-state index >= 15 is 0 Å². The summed E-state index contributed by atoms with van der Waals surface area (Å²) in [5.74, 6) is 0. The van der Waals surface area contributed by atoms with Gasteiger partial charge in [0.05, 0.1) is 11.4 Å². The Labute approximate surface area is 400 Å². The maximum absolute atomic E-state index is 4.90. The number of fused-ring (bicyclic) bond motifs is 11. The lowest BCUT2D eigenvalue weighted by Crippen LogP contribution is -1.91. The molecule has 70 heavy (non-hydrogen) atoms. The molecule has 0 spiro atoms. The third-order valence-electron chi connectivity index (χ3n) is 16.1. The molecule has 0 bridgehead atoms. The predicted molar refractivity (Wildman–Crippen MR) is 294 cm³/mol. The van der Waals surface area contributed by atoms with E-state index in [0.29, 0.717) is 0 Å². The predicted octanol–water partition coefficient (Wildman–Crippen LogP) is 17.9. The van der Waals surface area contributed by atoms with Gasteiger partial charge in [0.2, 0.25) is 0 Å². The Morgan fingerprint density at radius 3 is 1.24 bits per heavy atom. The molecular formula is C68H36N2. The van der Waals surface area contributed by atoms with Crippen LogP contribution in [-0.2, 0) is 0 Å². The number of hydrogen-bond donors (Lipinski definition) is 0. The summed E-state index contributed by atoms with van der Waals surface area (Å²) in [5, 5.41) is 31.2. The summed E-state index contributed by atoms with van der Waals surface area (Å²) in [5.41, 5.74) is 9.31. The van der Waals surface area contributed by atoms with Crippen molar-refractivity contribution in [3.63, 3.8) is 0 Å². The third-order valence-corrected chi connectivity index (χ3v) is 16.1. The van der Waals surface area contributed by atoms with Crippen LogP contribution in [0.4, 0.5) is 0 Å². The lowest BCUT2D eigenvalue weighted by molar-refractivity contribution is 1.29. The molecule has 0 saturated heterocycles. The van der Waals surface area contributed by atoms with E-state index in [1.165, 1.54) is 151 Å². The number of pyridine rings is 2. The van der Waals surface area contributed by atoms with Crippen LogP contribution in [0.15, 0.2) is 219 Å². The molecule has 0 atom stereocenters. The molecule has 17 rings (SSSR count). The summed E-state index contributed by atoms with van der Waals surface area (Å²) in [6.45, 7) is 0. The van der Waals surface area contributed by atoms with Gasteiger partial charge in [0.25, 0.3) is 0 Å². The Bertz CT molecular complexity index is 4990. The largest absolute Gasteiger partial charge is 0.256 e. The average Bonchev–Trinajstić information content (AvgIpc) is 4.07. The van der Waals surface area contributed by atoms with Gasteiger partial charge in [-0.3, -0.25) is 9.97 Å². The molecule has 0 amide bonds. The van der Waals surface area contributed by atoms with E-state index < -0.39 is 0 Å². The Morgan fingerprint density at radius 2 is 0.657 bits per heavy atom. The van der Waals surface area contributed by atoms with Gasteiger partial charge in [-0.2, -0.15) is 0 Å². The second-order valence-electron chi connectivity index (χ2n) is 19.3. The maximum Gasteiger partial charge on any atom is 0.0708 e. The first-order valence-corrected chi connectivity index (χ1v) is 24.3. The lowest BCUT2D eigenvalue weighted by atomic mass is 9.84. The van der Waals surface area contributed by atoms with Gasteiger partial charge in [-0.1, -0.05) is 176 Å². The van der Waals surface area contributed by atoms with Crippen LogP contribution < -0.4 is 0 Å². The van der Waals surface area contributed by atoms with E-state index in [0.717, 1.165) is 22.5 Å². The highest BCUT2D eigenvalue weighted by atomic mass is 14.7. The van der Waals surface area contributed by atoms with Gasteiger partial charge >= 0.3 is 0 Å². The van der Waals surface area contributed by atoms with Gasteiger partial charge in [-0.15, -0.1) is 0 Å². The van der Waals surface area contributed by atoms with Crippen molar-refractivity contribution in [3.05, 3.63) is 240 Å². The molecule has 1 aliphatic rings. The molecule has 318 valence electrons. The Balaban J connectivity index is 1.08. The molecule has 1 aliphatic carbocycles. The fraction of sp³-hybridized carbons (Fsp3) is 0. The second-order valence-corrected chi connectivity index (χ2v) is 19.3. The van der Waals surface area contributed by atoms with Crippen LogP contribution in [0.5, 0.6) is 0 Å². The molecule has 14 aromatic carbocycles. The minimum Gasteiger partial charge on any atom is -0.256 e. The quantitative estimate of drug-likeness (QED) is 0.130. The van der Waals surface area contributed by atoms with Gasteiger partial charge < -0.3 is 0 Å². The summed E-state index contributed by atoms with van der Waals surface area (Å²) in [4.78, 5) is 9.80. The maximum atomic E-state index is 4.90. The topological polar surface area (TPSA) is 25.8 Å². The summed E-state index contributed by atoms with van der Waals surface area (Å²) >= 11 is 0. The molecule has 0 saturated carbocycles. The normalized spacial score (nSPS) is 12.6. The van der Waals surface area contributed by atoms with Crippen molar-refractivity contribution < 1.29 is 0 Å². The van der Waals surface area contributed by atoms with Crippen molar-refractivity contribution in [2.24, 2.45) is 0 Å². The smallest absolute Gasteiger partial charge is 0.0708 e. The fourth-order valence-electron chi connectivity index (χ4n) is 13.5. The molecule has 0 fully saturated rings. The van der Waals surface area contributed by atoms with E-state index in [9.17, 15) is 0 Å². The number of hydrogen-bond acceptors (Lipinski definition) is 2. The molecule has 2 nitrogen and oxygen atoms in total.